The third-order valence-corrected chi connectivity index (χ3v) is 19.1. The molecule has 3 aromatic carbocycles. The normalized spacial score (nSPS) is 22.6. The number of guanidine groups is 2. The molecule has 92 heavy (non-hydrogen) atoms. The van der Waals surface area contributed by atoms with Crippen molar-refractivity contribution in [2.75, 3.05) is 39.3 Å². The zero-order chi connectivity index (χ0) is 66.4. The Balaban J connectivity index is 0.901. The Morgan fingerprint density at radius 2 is 1.37 bits per heavy atom. The van der Waals surface area contributed by atoms with Gasteiger partial charge >= 0.3 is 5.97 Å². The number of aliphatic hydroxyl groups excluding tert-OH is 2. The summed E-state index contributed by atoms with van der Waals surface area (Å²) in [6.07, 6.45) is 3.01. The number of nitrogens with zero attached hydrogens (tertiary/aromatic N) is 6. The highest BCUT2D eigenvalue weighted by atomic mass is 32.2. The number of β-amino-alcohol motifs (C(OH)–C–C–N with tert-alkyl or cyclic N) is 1. The van der Waals surface area contributed by atoms with E-state index in [1.54, 1.807) is 60.7 Å². The van der Waals surface area contributed by atoms with Crippen molar-refractivity contribution in [3.05, 3.63) is 101 Å². The van der Waals surface area contributed by atoms with Gasteiger partial charge in [0.2, 0.25) is 53.2 Å². The summed E-state index contributed by atoms with van der Waals surface area (Å²) in [5.74, 6) is -7.65. The molecule has 4 aliphatic heterocycles. The van der Waals surface area contributed by atoms with Gasteiger partial charge in [-0.05, 0) is 99.5 Å². The van der Waals surface area contributed by atoms with Gasteiger partial charge in [0, 0.05) is 58.0 Å². The lowest BCUT2D eigenvalue weighted by molar-refractivity contribution is -0.153. The number of aliphatic carboxylic acids is 1. The number of sulfonamides is 1. The molecular formula is C62H85N15O14S. The van der Waals surface area contributed by atoms with Gasteiger partial charge in [0.25, 0.3) is 10.0 Å². The Morgan fingerprint density at radius 1 is 0.685 bits per heavy atom. The van der Waals surface area contributed by atoms with Crippen molar-refractivity contribution in [2.45, 2.75) is 169 Å². The van der Waals surface area contributed by atoms with Crippen LogP contribution in [0.4, 0.5) is 0 Å². The van der Waals surface area contributed by atoms with Crippen LogP contribution in [0.15, 0.2) is 93.7 Å². The summed E-state index contributed by atoms with van der Waals surface area (Å²) < 4.78 is 27.6. The first-order chi connectivity index (χ1) is 43.9. The van der Waals surface area contributed by atoms with Gasteiger partial charge < -0.3 is 79.1 Å². The molecular weight excluding hydrogens is 1210 g/mol. The van der Waals surface area contributed by atoms with Crippen LogP contribution in [-0.4, -0.2) is 208 Å². The van der Waals surface area contributed by atoms with E-state index in [9.17, 15) is 62.1 Å². The average molecular weight is 1300 g/mol. The van der Waals surface area contributed by atoms with Crippen molar-refractivity contribution in [3.8, 4) is 0 Å². The fourth-order valence-electron chi connectivity index (χ4n) is 13.0. The first-order valence-electron chi connectivity index (χ1n) is 31.2. The highest BCUT2D eigenvalue weighted by molar-refractivity contribution is 7.90. The van der Waals surface area contributed by atoms with Crippen molar-refractivity contribution in [1.29, 1.82) is 0 Å². The zero-order valence-corrected chi connectivity index (χ0v) is 52.3. The number of amides is 8. The van der Waals surface area contributed by atoms with E-state index in [-0.39, 0.29) is 113 Å². The average Bonchev–Trinajstić information content (AvgIpc) is 1.49. The Hall–Kier alpha value is -8.74. The fraction of sp³-hybridized carbons (Fsp3) is 0.532. The van der Waals surface area contributed by atoms with Gasteiger partial charge in [-0.15, -0.1) is 0 Å². The first-order valence-corrected chi connectivity index (χ1v) is 32.7. The van der Waals surface area contributed by atoms with E-state index in [4.69, 9.17) is 22.9 Å². The van der Waals surface area contributed by atoms with Crippen molar-refractivity contribution >= 4 is 75.2 Å². The Labute approximate surface area is 533 Å². The number of rotatable bonds is 26. The van der Waals surface area contributed by atoms with Crippen LogP contribution < -0.4 is 48.9 Å². The largest absolute Gasteiger partial charge is 0.480 e. The standard InChI is InChI=1S/C62H85N15O14S/c1-36-21-23-42(24-22-36)92(90,91)73-62(66)68-26-9-17-43(63)56(84)74-27-11-20-48(74)58(86)76-34-41(79)31-49(76)54(82)69-32-52(80)70-45(28-37-12-3-2-4-13-37)53(81)72-46(35-78)57(85)75-33-40-16-6-5-14-38(40)29-51(75)59(87)77-47-19-8-7-15-39(47)30-50(77)55(83)71-44(60(88)89)18-10-25-67-61(64)65/h2-6,12-14,16,21-24,39,41,43-51,78-79H,7-11,15,17-20,25-35,63H2,1H3,(H,69,82)(H,70,80)(H,71,83)(H,72,81)(H,88,89)(H4,64,65,67)(H3,66,68,73)/t39-,41+,43-,44-,45-,46-,47-,48-,49-,50-,51?/m0/s1. The number of aryl methyl sites for hydroxylation is 1. The summed E-state index contributed by atoms with van der Waals surface area (Å²) in [4.78, 5) is 141. The summed E-state index contributed by atoms with van der Waals surface area (Å²) >= 11 is 0. The van der Waals surface area contributed by atoms with Crippen LogP contribution in [0.3, 0.4) is 0 Å². The van der Waals surface area contributed by atoms with Gasteiger partial charge in [0.1, 0.15) is 42.3 Å². The van der Waals surface area contributed by atoms with E-state index in [1.807, 2.05) is 13.0 Å². The molecule has 0 bridgehead atoms. The second-order valence-electron chi connectivity index (χ2n) is 24.2. The molecule has 29 nitrogen and oxygen atoms in total. The summed E-state index contributed by atoms with van der Waals surface area (Å²) in [6.45, 7) is 0.137. The molecule has 16 N–H and O–H groups in total. The quantitative estimate of drug-likeness (QED) is 0.0229. The minimum absolute atomic E-state index is 0.000165. The zero-order valence-electron chi connectivity index (χ0n) is 51.4. The third-order valence-electron chi connectivity index (χ3n) is 17.7. The number of carbonyl (C=O) groups excluding carboxylic acids is 8. The highest BCUT2D eigenvalue weighted by Crippen LogP contribution is 2.41. The van der Waals surface area contributed by atoms with Gasteiger partial charge in [-0.1, -0.05) is 85.1 Å². The van der Waals surface area contributed by atoms with Crippen LogP contribution in [0.5, 0.6) is 0 Å². The van der Waals surface area contributed by atoms with Gasteiger partial charge in [0.15, 0.2) is 5.96 Å². The molecule has 0 spiro atoms. The molecule has 4 fully saturated rings. The summed E-state index contributed by atoms with van der Waals surface area (Å²) in [6, 6.07) is 11.4. The Bertz CT molecular complexity index is 3350. The predicted molar refractivity (Wildman–Crippen MR) is 335 cm³/mol. The SMILES string of the molecule is Cc1ccc(S(=O)(=O)NC(N)=NCCC[C@H](N)C(=O)N2CCC[C@H]2C(=O)N2C[C@H](O)C[C@H]2C(=O)NCC(=O)N[C@@H](Cc2ccccc2)C(=O)N[C@@H](CO)C(=O)N2Cc3ccccc3CC2C(=O)N2[C@H](C(=O)N[C@@H](CCCN=C(N)N)C(=O)O)C[C@@H]3CCCC[C@@H]32)cc1. The molecule has 3 aromatic rings. The maximum Gasteiger partial charge on any atom is 0.326 e. The van der Waals surface area contributed by atoms with Crippen LogP contribution in [0.2, 0.25) is 0 Å². The molecule has 1 aliphatic carbocycles. The van der Waals surface area contributed by atoms with Crippen LogP contribution >= 0.6 is 0 Å². The Morgan fingerprint density at radius 3 is 2.08 bits per heavy atom. The monoisotopic (exact) mass is 1300 g/mol. The molecule has 11 atom stereocenters. The van der Waals surface area contributed by atoms with Gasteiger partial charge in [-0.25, -0.2) is 17.9 Å². The van der Waals surface area contributed by atoms with E-state index in [2.05, 4.69) is 36.0 Å². The molecule has 5 aliphatic rings. The number of nitrogens with two attached hydrogens (primary N) is 4. The predicted octanol–water partition coefficient (Wildman–Crippen LogP) is -2.29. The van der Waals surface area contributed by atoms with Crippen LogP contribution in [0.25, 0.3) is 0 Å². The van der Waals surface area contributed by atoms with Crippen LogP contribution in [0.1, 0.15) is 99.3 Å². The van der Waals surface area contributed by atoms with E-state index >= 15 is 4.79 Å². The lowest BCUT2D eigenvalue weighted by Crippen LogP contribution is -2.63. The number of likely N-dealkylation sites (tertiary alicyclic amines) is 3. The molecule has 0 aromatic heterocycles. The minimum Gasteiger partial charge on any atom is -0.480 e. The second-order valence-corrected chi connectivity index (χ2v) is 25.9. The number of aliphatic imine (C=N–C) groups is 2. The molecule has 0 radical (unpaired) electrons. The fourth-order valence-corrected chi connectivity index (χ4v) is 14.0. The molecule has 1 unspecified atom stereocenters. The molecule has 8 amide bonds. The lowest BCUT2D eigenvalue weighted by atomic mass is 9.84. The summed E-state index contributed by atoms with van der Waals surface area (Å²) in [7, 11) is -3.99. The number of benzene rings is 3. The molecule has 1 saturated carbocycles. The van der Waals surface area contributed by atoms with E-state index < -0.39 is 137 Å². The number of carbonyl (C=O) groups is 9. The van der Waals surface area contributed by atoms with Gasteiger partial charge in [-0.3, -0.25) is 48.3 Å². The van der Waals surface area contributed by atoms with Crippen molar-refractivity contribution in [2.24, 2.45) is 38.8 Å². The van der Waals surface area contributed by atoms with Crippen molar-refractivity contribution in [1.82, 2.24) is 45.6 Å². The smallest absolute Gasteiger partial charge is 0.326 e. The van der Waals surface area contributed by atoms with E-state index in [0.29, 0.717) is 24.0 Å². The molecule has 8 rings (SSSR count). The number of carboxylic acid groups (broad SMARTS) is 1. The molecule has 4 heterocycles. The van der Waals surface area contributed by atoms with Crippen LogP contribution in [-0.2, 0) is 72.6 Å². The first kappa shape index (κ1) is 69.2. The van der Waals surface area contributed by atoms with Crippen molar-refractivity contribution < 1.29 is 66.9 Å². The highest BCUT2D eigenvalue weighted by Gasteiger charge is 2.52. The number of hydrogen-bond donors (Lipinski definition) is 12. The topological polar surface area (TPSA) is 450 Å². The number of nitrogens with one attached hydrogen (secondary N) is 5. The van der Waals surface area contributed by atoms with E-state index in [0.717, 1.165) is 35.3 Å². The molecule has 3 saturated heterocycles. The Kier molecular flexibility index (Phi) is 23.7. The summed E-state index contributed by atoms with van der Waals surface area (Å²) in [5.41, 5.74) is 26.0. The second kappa shape index (κ2) is 31.5. The molecule has 30 heteroatoms. The van der Waals surface area contributed by atoms with Crippen LogP contribution in [0, 0.1) is 12.8 Å². The van der Waals surface area contributed by atoms with Crippen molar-refractivity contribution in [3.63, 3.8) is 0 Å². The number of hydrogen-bond acceptors (Lipinski definition) is 16. The van der Waals surface area contributed by atoms with Gasteiger partial charge in [-0.2, -0.15) is 0 Å². The minimum atomic E-state index is -3.99. The maximum absolute atomic E-state index is 15.3. The van der Waals surface area contributed by atoms with Gasteiger partial charge in [0.05, 0.1) is 30.2 Å². The lowest BCUT2D eigenvalue weighted by Gasteiger charge is -2.42. The summed E-state index contributed by atoms with van der Waals surface area (Å²) in [5, 5.41) is 42.2. The number of fused-ring (bicyclic) bond motifs is 2. The maximum atomic E-state index is 15.3. The third kappa shape index (κ3) is 17.4. The molecule has 498 valence electrons. The number of aliphatic hydroxyl groups is 2. The number of carboxylic acids is 1. The van der Waals surface area contributed by atoms with E-state index in [1.165, 1.54) is 26.8 Å².